The predicted molar refractivity (Wildman–Crippen MR) is 90.2 cm³/mol. The van der Waals surface area contributed by atoms with E-state index in [2.05, 4.69) is 10.6 Å². The minimum atomic E-state index is -0.326. The molecular formula is C16H16Cl2N2O2. The molecule has 4 nitrogen and oxygen atoms in total. The van der Waals surface area contributed by atoms with Crippen LogP contribution in [0, 0.1) is 0 Å². The normalized spacial score (nSPS) is 10.1. The van der Waals surface area contributed by atoms with Gasteiger partial charge in [-0.15, -0.1) is 0 Å². The molecule has 0 aromatic heterocycles. The second-order valence-corrected chi connectivity index (χ2v) is 5.41. The molecule has 0 bridgehead atoms. The summed E-state index contributed by atoms with van der Waals surface area (Å²) in [6.07, 6.45) is 0.653. The van der Waals surface area contributed by atoms with Crippen LogP contribution in [0.25, 0.3) is 0 Å². The third kappa shape index (κ3) is 4.55. The molecule has 0 unspecified atom stereocenters. The summed E-state index contributed by atoms with van der Waals surface area (Å²) in [4.78, 5) is 11.9. The van der Waals surface area contributed by atoms with Gasteiger partial charge in [0.25, 0.3) is 0 Å². The summed E-state index contributed by atoms with van der Waals surface area (Å²) in [6.45, 7) is 0.471. The van der Waals surface area contributed by atoms with Gasteiger partial charge in [0.15, 0.2) is 0 Å². The van der Waals surface area contributed by atoms with Gasteiger partial charge in [0.2, 0.25) is 0 Å². The molecule has 0 aliphatic carbocycles. The third-order valence-electron chi connectivity index (χ3n) is 3.05. The van der Waals surface area contributed by atoms with Crippen molar-refractivity contribution < 1.29 is 9.53 Å². The first-order chi connectivity index (χ1) is 10.6. The molecule has 2 N–H and O–H groups in total. The van der Waals surface area contributed by atoms with E-state index in [-0.39, 0.29) is 6.03 Å². The largest absolute Gasteiger partial charge is 0.495 e. The Labute approximate surface area is 139 Å². The van der Waals surface area contributed by atoms with Crippen LogP contribution in [0.2, 0.25) is 10.0 Å². The first-order valence-corrected chi connectivity index (χ1v) is 7.47. The smallest absolute Gasteiger partial charge is 0.319 e. The molecule has 2 rings (SSSR count). The number of nitrogens with one attached hydrogen (secondary N) is 2. The highest BCUT2D eigenvalue weighted by molar-refractivity contribution is 6.31. The molecule has 2 aromatic rings. The third-order valence-corrected chi connectivity index (χ3v) is 3.65. The van der Waals surface area contributed by atoms with E-state index in [1.807, 2.05) is 24.3 Å². The van der Waals surface area contributed by atoms with E-state index >= 15 is 0 Å². The first-order valence-electron chi connectivity index (χ1n) is 6.72. The van der Waals surface area contributed by atoms with Crippen LogP contribution in [0.5, 0.6) is 5.75 Å². The number of hydrogen-bond acceptors (Lipinski definition) is 2. The molecule has 0 saturated heterocycles. The van der Waals surface area contributed by atoms with Crippen LogP contribution in [-0.2, 0) is 6.42 Å². The highest BCUT2D eigenvalue weighted by Crippen LogP contribution is 2.27. The molecule has 0 radical (unpaired) electrons. The zero-order chi connectivity index (χ0) is 15.9. The van der Waals surface area contributed by atoms with Crippen LogP contribution in [0.1, 0.15) is 5.56 Å². The van der Waals surface area contributed by atoms with E-state index in [0.717, 1.165) is 5.56 Å². The molecule has 22 heavy (non-hydrogen) atoms. The summed E-state index contributed by atoms with van der Waals surface area (Å²) in [5.74, 6) is 0.547. The lowest BCUT2D eigenvalue weighted by molar-refractivity contribution is 0.252. The van der Waals surface area contributed by atoms with Crippen molar-refractivity contribution in [3.63, 3.8) is 0 Å². The number of anilines is 1. The van der Waals surface area contributed by atoms with Crippen molar-refractivity contribution in [2.24, 2.45) is 0 Å². The van der Waals surface area contributed by atoms with E-state index in [1.54, 1.807) is 18.2 Å². The molecule has 0 aliphatic heterocycles. The molecule has 0 saturated carbocycles. The van der Waals surface area contributed by atoms with Crippen LogP contribution >= 0.6 is 23.2 Å². The van der Waals surface area contributed by atoms with Gasteiger partial charge in [0.05, 0.1) is 12.8 Å². The van der Waals surface area contributed by atoms with E-state index in [9.17, 15) is 4.79 Å². The lowest BCUT2D eigenvalue weighted by Crippen LogP contribution is -2.30. The second-order valence-electron chi connectivity index (χ2n) is 4.57. The molecule has 6 heteroatoms. The van der Waals surface area contributed by atoms with Crippen molar-refractivity contribution in [1.29, 1.82) is 0 Å². The number of ether oxygens (including phenoxy) is 1. The SMILES string of the molecule is COc1ccc(Cl)cc1NC(=O)NCCc1ccccc1Cl. The van der Waals surface area contributed by atoms with E-state index in [4.69, 9.17) is 27.9 Å². The summed E-state index contributed by atoms with van der Waals surface area (Å²) in [5, 5.41) is 6.70. The average molecular weight is 339 g/mol. The maximum absolute atomic E-state index is 11.9. The summed E-state index contributed by atoms with van der Waals surface area (Å²) < 4.78 is 5.17. The average Bonchev–Trinajstić information content (AvgIpc) is 2.49. The molecule has 116 valence electrons. The molecule has 0 atom stereocenters. The van der Waals surface area contributed by atoms with Gasteiger partial charge in [0, 0.05) is 16.6 Å². The standard InChI is InChI=1S/C16H16Cl2N2O2/c1-22-15-7-6-12(17)10-14(15)20-16(21)19-9-8-11-4-2-3-5-13(11)18/h2-7,10H,8-9H2,1H3,(H2,19,20,21). The minimum absolute atomic E-state index is 0.326. The van der Waals surface area contributed by atoms with Crippen LogP contribution in [0.3, 0.4) is 0 Å². The fraction of sp³-hybridized carbons (Fsp3) is 0.188. The number of hydrogen-bond donors (Lipinski definition) is 2. The van der Waals surface area contributed by atoms with E-state index in [0.29, 0.717) is 34.4 Å². The quantitative estimate of drug-likeness (QED) is 0.850. The lowest BCUT2D eigenvalue weighted by Gasteiger charge is -2.11. The van der Waals surface area contributed by atoms with Gasteiger partial charge >= 0.3 is 6.03 Å². The van der Waals surface area contributed by atoms with Crippen LogP contribution < -0.4 is 15.4 Å². The molecule has 2 aromatic carbocycles. The lowest BCUT2D eigenvalue weighted by atomic mass is 10.1. The van der Waals surface area contributed by atoms with Crippen molar-refractivity contribution >= 4 is 34.9 Å². The van der Waals surface area contributed by atoms with Crippen molar-refractivity contribution in [3.05, 3.63) is 58.1 Å². The van der Waals surface area contributed by atoms with Gasteiger partial charge < -0.3 is 15.4 Å². The van der Waals surface area contributed by atoms with Crippen LogP contribution in [0.4, 0.5) is 10.5 Å². The number of benzene rings is 2. The molecular weight excluding hydrogens is 323 g/mol. The molecule has 0 heterocycles. The monoisotopic (exact) mass is 338 g/mol. The Hall–Kier alpha value is -1.91. The number of amides is 2. The number of carbonyl (C=O) groups is 1. The van der Waals surface area contributed by atoms with E-state index < -0.39 is 0 Å². The van der Waals surface area contributed by atoms with Crippen molar-refractivity contribution in [2.75, 3.05) is 19.0 Å². The summed E-state index contributed by atoms with van der Waals surface area (Å²) in [5.41, 5.74) is 1.51. The Morgan fingerprint density at radius 3 is 2.68 bits per heavy atom. The van der Waals surface area contributed by atoms with Crippen molar-refractivity contribution in [2.45, 2.75) is 6.42 Å². The number of methoxy groups -OCH3 is 1. The second kappa shape index (κ2) is 7.92. The number of carbonyl (C=O) groups excluding carboxylic acids is 1. The number of urea groups is 1. The molecule has 0 fully saturated rings. The Bertz CT molecular complexity index is 662. The Kier molecular flexibility index (Phi) is 5.92. The summed E-state index contributed by atoms with van der Waals surface area (Å²) in [6, 6.07) is 12.2. The topological polar surface area (TPSA) is 50.4 Å². The van der Waals surface area contributed by atoms with Crippen molar-refractivity contribution in [1.82, 2.24) is 5.32 Å². The maximum Gasteiger partial charge on any atom is 0.319 e. The summed E-state index contributed by atoms with van der Waals surface area (Å²) >= 11 is 12.0. The van der Waals surface area contributed by atoms with Crippen molar-refractivity contribution in [3.8, 4) is 5.75 Å². The zero-order valence-electron chi connectivity index (χ0n) is 12.0. The molecule has 0 aliphatic rings. The number of halogens is 2. The Balaban J connectivity index is 1.88. The maximum atomic E-state index is 11.9. The first kappa shape index (κ1) is 16.5. The minimum Gasteiger partial charge on any atom is -0.495 e. The Morgan fingerprint density at radius 2 is 1.95 bits per heavy atom. The van der Waals surface area contributed by atoms with Gasteiger partial charge in [-0.05, 0) is 36.2 Å². The van der Waals surface area contributed by atoms with E-state index in [1.165, 1.54) is 7.11 Å². The highest BCUT2D eigenvalue weighted by Gasteiger charge is 2.08. The van der Waals surface area contributed by atoms with Gasteiger partial charge in [-0.3, -0.25) is 0 Å². The number of rotatable bonds is 5. The van der Waals surface area contributed by atoms with Gasteiger partial charge in [-0.1, -0.05) is 41.4 Å². The predicted octanol–water partition coefficient (Wildman–Crippen LogP) is 4.37. The van der Waals surface area contributed by atoms with Gasteiger partial charge in [0.1, 0.15) is 5.75 Å². The fourth-order valence-corrected chi connectivity index (χ4v) is 2.36. The molecule has 0 spiro atoms. The Morgan fingerprint density at radius 1 is 1.18 bits per heavy atom. The van der Waals surface area contributed by atoms with Crippen LogP contribution in [0.15, 0.2) is 42.5 Å². The summed E-state index contributed by atoms with van der Waals surface area (Å²) in [7, 11) is 1.53. The van der Waals surface area contributed by atoms with Gasteiger partial charge in [-0.25, -0.2) is 4.79 Å². The highest BCUT2D eigenvalue weighted by atomic mass is 35.5. The molecule has 2 amide bonds. The fourth-order valence-electron chi connectivity index (χ4n) is 1.96. The zero-order valence-corrected chi connectivity index (χ0v) is 13.5. The van der Waals surface area contributed by atoms with Crippen LogP contribution in [-0.4, -0.2) is 19.7 Å². The van der Waals surface area contributed by atoms with Gasteiger partial charge in [-0.2, -0.15) is 0 Å².